The lowest BCUT2D eigenvalue weighted by Gasteiger charge is -2.32. The highest BCUT2D eigenvalue weighted by Gasteiger charge is 2.25. The molecule has 0 radical (unpaired) electrons. The summed E-state index contributed by atoms with van der Waals surface area (Å²) in [6.07, 6.45) is 0.671. The zero-order chi connectivity index (χ0) is 16.8. The number of amides is 1. The van der Waals surface area contributed by atoms with Crippen molar-refractivity contribution in [1.29, 1.82) is 0 Å². The summed E-state index contributed by atoms with van der Waals surface area (Å²) >= 11 is 0. The molecule has 1 atom stereocenters. The van der Waals surface area contributed by atoms with Gasteiger partial charge in [0.2, 0.25) is 5.91 Å². The Bertz CT molecular complexity index is 579. The summed E-state index contributed by atoms with van der Waals surface area (Å²) in [5.74, 6) is -2.81. The highest BCUT2D eigenvalue weighted by Crippen LogP contribution is 2.14. The van der Waals surface area contributed by atoms with Crippen LogP contribution in [0.15, 0.2) is 18.2 Å². The summed E-state index contributed by atoms with van der Waals surface area (Å²) in [6, 6.07) is 3.71. The molecule has 1 aliphatic rings. The molecule has 0 spiro atoms. The van der Waals surface area contributed by atoms with Gasteiger partial charge >= 0.3 is 5.97 Å². The number of nitrogens with zero attached hydrogens (tertiary/aromatic N) is 1. The van der Waals surface area contributed by atoms with Crippen molar-refractivity contribution >= 4 is 11.9 Å². The average Bonchev–Trinajstić information content (AvgIpc) is 2.50. The first kappa shape index (κ1) is 17.3. The minimum absolute atomic E-state index is 0.0775. The third-order valence-corrected chi connectivity index (χ3v) is 3.73. The fraction of sp³-hybridized carbons (Fsp3) is 0.500. The van der Waals surface area contributed by atoms with Crippen LogP contribution in [0.3, 0.4) is 0 Å². The molecule has 126 valence electrons. The molecular formula is C16H19F2NO4. The summed E-state index contributed by atoms with van der Waals surface area (Å²) in [5, 5.41) is 8.76. The predicted molar refractivity (Wildman–Crippen MR) is 77.9 cm³/mol. The van der Waals surface area contributed by atoms with Gasteiger partial charge < -0.3 is 14.7 Å². The van der Waals surface area contributed by atoms with E-state index in [2.05, 4.69) is 0 Å². The molecule has 0 aliphatic carbocycles. The quantitative estimate of drug-likeness (QED) is 0.868. The number of benzene rings is 1. The second kappa shape index (κ2) is 8.01. The van der Waals surface area contributed by atoms with Gasteiger partial charge in [0, 0.05) is 19.5 Å². The van der Waals surface area contributed by atoms with Crippen LogP contribution in [0.4, 0.5) is 8.78 Å². The minimum Gasteiger partial charge on any atom is -0.481 e. The van der Waals surface area contributed by atoms with Crippen molar-refractivity contribution in [3.05, 3.63) is 35.4 Å². The average molecular weight is 327 g/mol. The molecule has 23 heavy (non-hydrogen) atoms. The van der Waals surface area contributed by atoms with Gasteiger partial charge in [0.15, 0.2) is 11.6 Å². The van der Waals surface area contributed by atoms with E-state index in [0.717, 1.165) is 12.1 Å². The first-order valence-corrected chi connectivity index (χ1v) is 7.51. The summed E-state index contributed by atoms with van der Waals surface area (Å²) in [4.78, 5) is 24.4. The Morgan fingerprint density at radius 3 is 2.78 bits per heavy atom. The number of ether oxygens (including phenoxy) is 1. The highest BCUT2D eigenvalue weighted by atomic mass is 19.2. The largest absolute Gasteiger partial charge is 0.481 e. The number of rotatable bonds is 6. The Kier molecular flexibility index (Phi) is 6.04. The molecule has 0 bridgehead atoms. The molecule has 2 rings (SSSR count). The summed E-state index contributed by atoms with van der Waals surface area (Å²) < 4.78 is 31.2. The zero-order valence-electron chi connectivity index (χ0n) is 12.6. The van der Waals surface area contributed by atoms with Crippen LogP contribution >= 0.6 is 0 Å². The molecule has 0 aromatic heterocycles. The van der Waals surface area contributed by atoms with Crippen molar-refractivity contribution in [3.8, 4) is 0 Å². The van der Waals surface area contributed by atoms with Gasteiger partial charge in [0.05, 0.1) is 19.1 Å². The SMILES string of the molecule is O=C(O)CC1CN(C(=O)CCCc2ccc(F)c(F)c2)CCO1. The number of hydrogen-bond donors (Lipinski definition) is 1. The number of carboxylic acid groups (broad SMARTS) is 1. The number of carboxylic acids is 1. The van der Waals surface area contributed by atoms with Gasteiger partial charge in [0.1, 0.15) is 0 Å². The van der Waals surface area contributed by atoms with Crippen molar-refractivity contribution in [2.75, 3.05) is 19.7 Å². The topological polar surface area (TPSA) is 66.8 Å². The lowest BCUT2D eigenvalue weighted by molar-refractivity contribution is -0.147. The molecule has 0 saturated carbocycles. The maximum Gasteiger partial charge on any atom is 0.306 e. The van der Waals surface area contributed by atoms with E-state index in [0.29, 0.717) is 31.6 Å². The smallest absolute Gasteiger partial charge is 0.306 e. The minimum atomic E-state index is -0.956. The van der Waals surface area contributed by atoms with Crippen LogP contribution in [0.2, 0.25) is 0 Å². The number of aliphatic carboxylic acids is 1. The van der Waals surface area contributed by atoms with Crippen molar-refractivity contribution in [2.45, 2.75) is 31.8 Å². The second-order valence-electron chi connectivity index (χ2n) is 5.53. The van der Waals surface area contributed by atoms with E-state index < -0.39 is 23.7 Å². The molecule has 7 heteroatoms. The number of aryl methyl sites for hydroxylation is 1. The molecule has 1 aromatic rings. The third kappa shape index (κ3) is 5.28. The van der Waals surface area contributed by atoms with Gasteiger partial charge in [-0.3, -0.25) is 9.59 Å². The van der Waals surface area contributed by atoms with E-state index in [1.165, 1.54) is 6.07 Å². The second-order valence-corrected chi connectivity index (χ2v) is 5.53. The molecule has 1 heterocycles. The number of morpholine rings is 1. The van der Waals surface area contributed by atoms with Crippen LogP contribution in [0, 0.1) is 11.6 Å². The monoisotopic (exact) mass is 327 g/mol. The van der Waals surface area contributed by atoms with Crippen molar-refractivity contribution in [3.63, 3.8) is 0 Å². The van der Waals surface area contributed by atoms with Gasteiger partial charge in [0.25, 0.3) is 0 Å². The fourth-order valence-electron chi connectivity index (χ4n) is 2.56. The fourth-order valence-corrected chi connectivity index (χ4v) is 2.56. The highest BCUT2D eigenvalue weighted by molar-refractivity contribution is 5.76. The van der Waals surface area contributed by atoms with Crippen LogP contribution in [0.5, 0.6) is 0 Å². The maximum atomic E-state index is 13.1. The maximum absolute atomic E-state index is 13.1. The number of hydrogen-bond acceptors (Lipinski definition) is 3. The van der Waals surface area contributed by atoms with E-state index in [1.54, 1.807) is 4.90 Å². The van der Waals surface area contributed by atoms with E-state index in [1.807, 2.05) is 0 Å². The molecule has 1 unspecified atom stereocenters. The summed E-state index contributed by atoms with van der Waals surface area (Å²) in [7, 11) is 0. The van der Waals surface area contributed by atoms with Gasteiger partial charge in [-0.1, -0.05) is 6.07 Å². The summed E-state index contributed by atoms with van der Waals surface area (Å²) in [6.45, 7) is 1.04. The molecule has 1 N–H and O–H groups in total. The normalized spacial score (nSPS) is 18.0. The van der Waals surface area contributed by atoms with Gasteiger partial charge in [-0.25, -0.2) is 8.78 Å². The Hall–Kier alpha value is -2.02. The van der Waals surface area contributed by atoms with Crippen molar-refractivity contribution in [2.24, 2.45) is 0 Å². The predicted octanol–water partition coefficient (Wildman–Crippen LogP) is 1.99. The molecule has 1 amide bonds. The van der Waals surface area contributed by atoms with Crippen molar-refractivity contribution in [1.82, 2.24) is 4.90 Å². The van der Waals surface area contributed by atoms with Crippen LogP contribution in [-0.4, -0.2) is 47.7 Å². The van der Waals surface area contributed by atoms with Crippen molar-refractivity contribution < 1.29 is 28.2 Å². The van der Waals surface area contributed by atoms with Crippen LogP contribution in [0.25, 0.3) is 0 Å². The molecule has 1 saturated heterocycles. The Labute approximate surface area is 132 Å². The van der Waals surface area contributed by atoms with Crippen LogP contribution in [0.1, 0.15) is 24.8 Å². The van der Waals surface area contributed by atoms with Gasteiger partial charge in [-0.15, -0.1) is 0 Å². The van der Waals surface area contributed by atoms with E-state index in [4.69, 9.17) is 9.84 Å². The lowest BCUT2D eigenvalue weighted by atomic mass is 10.1. The first-order valence-electron chi connectivity index (χ1n) is 7.51. The van der Waals surface area contributed by atoms with E-state index in [9.17, 15) is 18.4 Å². The van der Waals surface area contributed by atoms with Crippen LogP contribution in [-0.2, 0) is 20.7 Å². The third-order valence-electron chi connectivity index (χ3n) is 3.73. The lowest BCUT2D eigenvalue weighted by Crippen LogP contribution is -2.46. The standard InChI is InChI=1S/C16H19F2NO4/c17-13-5-4-11(8-14(13)18)2-1-3-15(20)19-6-7-23-12(10-19)9-16(21)22/h4-5,8,12H,1-3,6-7,9-10H2,(H,21,22). The molecule has 1 fully saturated rings. The zero-order valence-corrected chi connectivity index (χ0v) is 12.6. The van der Waals surface area contributed by atoms with E-state index in [-0.39, 0.29) is 25.3 Å². The number of carbonyl (C=O) groups is 2. The van der Waals surface area contributed by atoms with E-state index >= 15 is 0 Å². The molecule has 1 aromatic carbocycles. The molecule has 5 nitrogen and oxygen atoms in total. The Morgan fingerprint density at radius 2 is 2.09 bits per heavy atom. The molecule has 1 aliphatic heterocycles. The Morgan fingerprint density at radius 1 is 1.30 bits per heavy atom. The summed E-state index contributed by atoms with van der Waals surface area (Å²) in [5.41, 5.74) is 0.641. The van der Waals surface area contributed by atoms with Gasteiger partial charge in [-0.2, -0.15) is 0 Å². The number of carbonyl (C=O) groups excluding carboxylic acids is 1. The first-order chi connectivity index (χ1) is 11.0. The Balaban J connectivity index is 1.77. The molecular weight excluding hydrogens is 308 g/mol. The van der Waals surface area contributed by atoms with Gasteiger partial charge in [-0.05, 0) is 30.5 Å². The number of halogens is 2. The van der Waals surface area contributed by atoms with Crippen LogP contribution < -0.4 is 0 Å².